The lowest BCUT2D eigenvalue weighted by Crippen LogP contribution is -2.39. The fourth-order valence-corrected chi connectivity index (χ4v) is 1.41. The first-order valence-electron chi connectivity index (χ1n) is 5.64. The SMILES string of the molecule is O=C=C(CC(=O)O)C(NOCc1ccccc1)C(=O)O. The van der Waals surface area contributed by atoms with Gasteiger partial charge in [0, 0.05) is 0 Å². The van der Waals surface area contributed by atoms with Crippen LogP contribution in [0.2, 0.25) is 0 Å². The third-order valence-electron chi connectivity index (χ3n) is 2.35. The maximum absolute atomic E-state index is 11.0. The van der Waals surface area contributed by atoms with Gasteiger partial charge in [0.15, 0.2) is 6.04 Å². The molecule has 1 rings (SSSR count). The standard InChI is InChI=1S/C13H13NO6/c15-7-10(6-11(16)17)12(13(18)19)14-20-8-9-4-2-1-3-5-9/h1-5,12,14H,6,8H2,(H,16,17)(H,18,19). The molecule has 0 spiro atoms. The minimum atomic E-state index is -1.55. The molecule has 7 heteroatoms. The normalized spacial score (nSPS) is 11.4. The van der Waals surface area contributed by atoms with Crippen molar-refractivity contribution in [3.8, 4) is 0 Å². The Morgan fingerprint density at radius 3 is 2.40 bits per heavy atom. The van der Waals surface area contributed by atoms with E-state index < -0.39 is 30.0 Å². The fraction of sp³-hybridized carbons (Fsp3) is 0.231. The number of carbonyl (C=O) groups is 2. The summed E-state index contributed by atoms with van der Waals surface area (Å²) < 4.78 is 0. The van der Waals surface area contributed by atoms with Gasteiger partial charge in [-0.1, -0.05) is 30.3 Å². The topological polar surface area (TPSA) is 113 Å². The van der Waals surface area contributed by atoms with Gasteiger partial charge in [0.25, 0.3) is 0 Å². The molecule has 3 N–H and O–H groups in total. The van der Waals surface area contributed by atoms with E-state index in [4.69, 9.17) is 15.1 Å². The number of nitrogens with one attached hydrogen (secondary N) is 1. The third kappa shape index (κ3) is 5.03. The van der Waals surface area contributed by atoms with Crippen molar-refractivity contribution in [3.63, 3.8) is 0 Å². The van der Waals surface area contributed by atoms with E-state index >= 15 is 0 Å². The number of benzene rings is 1. The third-order valence-corrected chi connectivity index (χ3v) is 2.35. The number of carboxylic acid groups (broad SMARTS) is 2. The maximum Gasteiger partial charge on any atom is 0.328 e. The van der Waals surface area contributed by atoms with Crippen molar-refractivity contribution >= 4 is 17.9 Å². The molecule has 106 valence electrons. The molecule has 0 saturated heterocycles. The van der Waals surface area contributed by atoms with Crippen LogP contribution in [-0.2, 0) is 25.8 Å². The van der Waals surface area contributed by atoms with Gasteiger partial charge in [-0.15, -0.1) is 0 Å². The summed E-state index contributed by atoms with van der Waals surface area (Å²) in [6.45, 7) is 0.0732. The quantitative estimate of drug-likeness (QED) is 0.466. The first-order valence-corrected chi connectivity index (χ1v) is 5.64. The number of rotatable bonds is 8. The average molecular weight is 279 g/mol. The van der Waals surface area contributed by atoms with Gasteiger partial charge in [-0.25, -0.2) is 4.79 Å². The smallest absolute Gasteiger partial charge is 0.328 e. The molecule has 0 aliphatic carbocycles. The number of aliphatic carboxylic acids is 2. The Morgan fingerprint density at radius 1 is 1.25 bits per heavy atom. The zero-order valence-electron chi connectivity index (χ0n) is 10.4. The summed E-state index contributed by atoms with van der Waals surface area (Å²) in [6.07, 6.45) is -0.720. The lowest BCUT2D eigenvalue weighted by molar-refractivity contribution is -0.143. The predicted molar refractivity (Wildman–Crippen MR) is 67.2 cm³/mol. The first-order chi connectivity index (χ1) is 9.54. The van der Waals surface area contributed by atoms with Crippen LogP contribution in [0.1, 0.15) is 12.0 Å². The van der Waals surface area contributed by atoms with Crippen molar-refractivity contribution in [1.29, 1.82) is 0 Å². The number of hydrogen-bond acceptors (Lipinski definition) is 5. The van der Waals surface area contributed by atoms with Gasteiger partial charge in [0.1, 0.15) is 5.94 Å². The van der Waals surface area contributed by atoms with Gasteiger partial charge in [-0.2, -0.15) is 5.48 Å². The Morgan fingerprint density at radius 2 is 1.90 bits per heavy atom. The van der Waals surface area contributed by atoms with E-state index in [1.807, 2.05) is 6.07 Å². The van der Waals surface area contributed by atoms with Crippen LogP contribution in [0.15, 0.2) is 35.9 Å². The summed E-state index contributed by atoms with van der Waals surface area (Å²) in [6, 6.07) is 7.38. The monoisotopic (exact) mass is 279 g/mol. The molecule has 0 aromatic heterocycles. The zero-order chi connectivity index (χ0) is 15.0. The van der Waals surface area contributed by atoms with Crippen LogP contribution >= 0.6 is 0 Å². The molecule has 1 unspecified atom stereocenters. The lowest BCUT2D eigenvalue weighted by Gasteiger charge is -2.14. The van der Waals surface area contributed by atoms with Crippen LogP contribution in [0.4, 0.5) is 0 Å². The van der Waals surface area contributed by atoms with Crippen molar-refractivity contribution in [2.24, 2.45) is 0 Å². The van der Waals surface area contributed by atoms with E-state index in [0.717, 1.165) is 5.56 Å². The second-order valence-electron chi connectivity index (χ2n) is 3.86. The van der Waals surface area contributed by atoms with E-state index in [9.17, 15) is 14.4 Å². The second kappa shape index (κ2) is 7.85. The maximum atomic E-state index is 11.0. The largest absolute Gasteiger partial charge is 0.481 e. The molecule has 1 atom stereocenters. The van der Waals surface area contributed by atoms with Gasteiger partial charge in [-0.3, -0.25) is 14.4 Å². The molecule has 0 fully saturated rings. The van der Waals surface area contributed by atoms with Gasteiger partial charge < -0.3 is 10.2 Å². The van der Waals surface area contributed by atoms with Crippen molar-refractivity contribution in [2.45, 2.75) is 19.1 Å². The summed E-state index contributed by atoms with van der Waals surface area (Å²) in [5, 5.41) is 17.5. The molecular formula is C13H13NO6. The van der Waals surface area contributed by atoms with Crippen LogP contribution in [0.3, 0.4) is 0 Å². The van der Waals surface area contributed by atoms with Gasteiger partial charge in [0.2, 0.25) is 0 Å². The molecule has 0 radical (unpaired) electrons. The minimum Gasteiger partial charge on any atom is -0.481 e. The van der Waals surface area contributed by atoms with E-state index in [2.05, 4.69) is 5.48 Å². The Kier molecular flexibility index (Phi) is 6.12. The molecule has 7 nitrogen and oxygen atoms in total. The van der Waals surface area contributed by atoms with E-state index in [1.165, 1.54) is 5.94 Å². The second-order valence-corrected chi connectivity index (χ2v) is 3.86. The summed E-state index contributed by atoms with van der Waals surface area (Å²) in [7, 11) is 0. The highest BCUT2D eigenvalue weighted by Crippen LogP contribution is 2.06. The van der Waals surface area contributed by atoms with Crippen LogP contribution < -0.4 is 5.48 Å². The van der Waals surface area contributed by atoms with Crippen LogP contribution in [-0.4, -0.2) is 34.1 Å². The van der Waals surface area contributed by atoms with Crippen LogP contribution in [0, 0.1) is 0 Å². The van der Waals surface area contributed by atoms with Crippen molar-refractivity contribution in [1.82, 2.24) is 5.48 Å². The lowest BCUT2D eigenvalue weighted by atomic mass is 10.1. The molecule has 0 bridgehead atoms. The minimum absolute atomic E-state index is 0.0732. The molecule has 0 aliphatic rings. The molecule has 0 heterocycles. The Balaban J connectivity index is 2.61. The van der Waals surface area contributed by atoms with Gasteiger partial charge >= 0.3 is 11.9 Å². The highest BCUT2D eigenvalue weighted by Gasteiger charge is 2.25. The zero-order valence-corrected chi connectivity index (χ0v) is 10.4. The summed E-state index contributed by atoms with van der Waals surface area (Å²) in [5.41, 5.74) is 2.51. The van der Waals surface area contributed by atoms with Crippen LogP contribution in [0.25, 0.3) is 0 Å². The number of hydroxylamine groups is 1. The molecule has 20 heavy (non-hydrogen) atoms. The predicted octanol–water partition coefficient (Wildman–Crippen LogP) is 0.394. The van der Waals surface area contributed by atoms with E-state index in [-0.39, 0.29) is 6.61 Å². The number of carboxylic acids is 2. The highest BCUT2D eigenvalue weighted by atomic mass is 16.6. The van der Waals surface area contributed by atoms with Crippen molar-refractivity contribution < 1.29 is 29.4 Å². The van der Waals surface area contributed by atoms with Gasteiger partial charge in [-0.05, 0) is 5.56 Å². The van der Waals surface area contributed by atoms with Crippen molar-refractivity contribution in [3.05, 3.63) is 41.5 Å². The fourth-order valence-electron chi connectivity index (χ4n) is 1.41. The first kappa shape index (κ1) is 15.6. The Bertz CT molecular complexity index is 521. The molecule has 0 aliphatic heterocycles. The molecule has 0 amide bonds. The number of carbonyl (C=O) groups excluding carboxylic acids is 1. The molecule has 0 saturated carbocycles. The van der Waals surface area contributed by atoms with E-state index in [1.54, 1.807) is 24.3 Å². The summed E-state index contributed by atoms with van der Waals surface area (Å²) in [5.74, 6) is -1.41. The molecular weight excluding hydrogens is 266 g/mol. The summed E-state index contributed by atoms with van der Waals surface area (Å²) in [4.78, 5) is 37.1. The van der Waals surface area contributed by atoms with Gasteiger partial charge in [0.05, 0.1) is 18.6 Å². The van der Waals surface area contributed by atoms with Crippen molar-refractivity contribution in [2.75, 3.05) is 0 Å². The highest BCUT2D eigenvalue weighted by molar-refractivity contribution is 5.85. The molecule has 1 aromatic carbocycles. The number of hydrogen-bond donors (Lipinski definition) is 3. The average Bonchev–Trinajstić information content (AvgIpc) is 2.42. The van der Waals surface area contributed by atoms with E-state index in [0.29, 0.717) is 0 Å². The Hall–Kier alpha value is -2.47. The molecule has 1 aromatic rings. The Labute approximate surface area is 114 Å². The summed E-state index contributed by atoms with van der Waals surface area (Å²) >= 11 is 0. The van der Waals surface area contributed by atoms with Crippen LogP contribution in [0.5, 0.6) is 0 Å².